The Labute approximate surface area is 136 Å². The molecule has 122 valence electrons. The summed E-state index contributed by atoms with van der Waals surface area (Å²) in [6, 6.07) is 1.72. The van der Waals surface area contributed by atoms with E-state index in [1.165, 1.54) is 11.3 Å². The zero-order valence-corrected chi connectivity index (χ0v) is 14.8. The number of hydrogen-bond acceptors (Lipinski definition) is 4. The molecule has 0 spiro atoms. The fraction of sp³-hybridized carbons (Fsp3) is 0.667. The summed E-state index contributed by atoms with van der Waals surface area (Å²) in [5.41, 5.74) is 0.378. The molecule has 22 heavy (non-hydrogen) atoms. The highest BCUT2D eigenvalue weighted by Gasteiger charge is 2.45. The highest BCUT2D eigenvalue weighted by Crippen LogP contribution is 2.35. The zero-order chi connectivity index (χ0) is 16.1. The summed E-state index contributed by atoms with van der Waals surface area (Å²) in [6.07, 6.45) is 1.96. The predicted molar refractivity (Wildman–Crippen MR) is 86.3 cm³/mol. The van der Waals surface area contributed by atoms with Gasteiger partial charge in [-0.25, -0.2) is 8.42 Å². The molecule has 1 aromatic rings. The lowest BCUT2D eigenvalue weighted by Crippen LogP contribution is -2.62. The van der Waals surface area contributed by atoms with Crippen LogP contribution in [0.2, 0.25) is 0 Å². The molecular weight excluding hydrogens is 320 g/mol. The molecule has 1 aromatic heterocycles. The quantitative estimate of drug-likeness (QED) is 0.845. The highest BCUT2D eigenvalue weighted by molar-refractivity contribution is 7.91. The number of aryl methyl sites for hydroxylation is 1. The van der Waals surface area contributed by atoms with E-state index in [-0.39, 0.29) is 11.8 Å². The van der Waals surface area contributed by atoms with Crippen LogP contribution in [-0.4, -0.2) is 48.7 Å². The number of nitrogens with zero attached hydrogens (tertiary/aromatic N) is 2. The third-order valence-corrected chi connectivity index (χ3v) is 7.96. The topological polar surface area (TPSA) is 57.7 Å². The van der Waals surface area contributed by atoms with Crippen molar-refractivity contribution in [3.63, 3.8) is 0 Å². The van der Waals surface area contributed by atoms with Crippen molar-refractivity contribution in [2.75, 3.05) is 19.6 Å². The van der Waals surface area contributed by atoms with E-state index in [2.05, 4.69) is 0 Å². The Hall–Kier alpha value is -0.920. The van der Waals surface area contributed by atoms with Gasteiger partial charge in [-0.15, -0.1) is 11.3 Å². The van der Waals surface area contributed by atoms with Crippen molar-refractivity contribution >= 4 is 27.3 Å². The van der Waals surface area contributed by atoms with Crippen LogP contribution in [0.25, 0.3) is 0 Å². The average molecular weight is 342 g/mol. The minimum absolute atomic E-state index is 0.180. The standard InChI is InChI=1S/C15H22N2O3S2/c1-11-8-13(21-9-11)22(19,20)17-7-6-16(10-15(17,2)3)14(18)12-4-5-12/h8-9,12H,4-7,10H2,1-3H3. The van der Waals surface area contributed by atoms with Crippen LogP contribution in [0.15, 0.2) is 15.7 Å². The van der Waals surface area contributed by atoms with E-state index < -0.39 is 15.6 Å². The molecule has 0 radical (unpaired) electrons. The molecule has 2 aliphatic rings. The first-order valence-electron chi connectivity index (χ1n) is 7.58. The van der Waals surface area contributed by atoms with Crippen LogP contribution in [0.5, 0.6) is 0 Å². The van der Waals surface area contributed by atoms with E-state index in [4.69, 9.17) is 0 Å². The second kappa shape index (κ2) is 5.32. The van der Waals surface area contributed by atoms with Crippen molar-refractivity contribution < 1.29 is 13.2 Å². The van der Waals surface area contributed by atoms with Gasteiger partial charge >= 0.3 is 0 Å². The Morgan fingerprint density at radius 2 is 2.00 bits per heavy atom. The first-order valence-corrected chi connectivity index (χ1v) is 9.90. The lowest BCUT2D eigenvalue weighted by molar-refractivity contribution is -0.136. The van der Waals surface area contributed by atoms with Crippen LogP contribution in [0, 0.1) is 12.8 Å². The van der Waals surface area contributed by atoms with Crippen LogP contribution < -0.4 is 0 Å². The monoisotopic (exact) mass is 342 g/mol. The highest BCUT2D eigenvalue weighted by atomic mass is 32.2. The minimum atomic E-state index is -3.49. The number of piperazine rings is 1. The van der Waals surface area contributed by atoms with Gasteiger partial charge in [-0.3, -0.25) is 4.79 Å². The molecule has 0 N–H and O–H groups in total. The average Bonchev–Trinajstić information content (AvgIpc) is 3.18. The number of sulfonamides is 1. The molecule has 3 rings (SSSR count). The Kier molecular flexibility index (Phi) is 3.86. The van der Waals surface area contributed by atoms with Crippen LogP contribution in [0.4, 0.5) is 0 Å². The zero-order valence-electron chi connectivity index (χ0n) is 13.2. The van der Waals surface area contributed by atoms with Gasteiger partial charge in [-0.05, 0) is 50.6 Å². The first kappa shape index (κ1) is 16.0. The van der Waals surface area contributed by atoms with E-state index in [0.29, 0.717) is 23.8 Å². The third-order valence-electron chi connectivity index (χ3n) is 4.32. The van der Waals surface area contributed by atoms with E-state index in [9.17, 15) is 13.2 Å². The van der Waals surface area contributed by atoms with Crippen LogP contribution in [0.1, 0.15) is 32.3 Å². The lowest BCUT2D eigenvalue weighted by atomic mass is 10.0. The van der Waals surface area contributed by atoms with Gasteiger partial charge in [0.15, 0.2) is 0 Å². The summed E-state index contributed by atoms with van der Waals surface area (Å²) in [7, 11) is -3.49. The second-order valence-electron chi connectivity index (χ2n) is 6.87. The Morgan fingerprint density at radius 3 is 2.50 bits per heavy atom. The molecule has 1 aliphatic heterocycles. The van der Waals surface area contributed by atoms with Crippen LogP contribution in [-0.2, 0) is 14.8 Å². The normalized spacial score (nSPS) is 22.8. The van der Waals surface area contributed by atoms with E-state index in [0.717, 1.165) is 18.4 Å². The van der Waals surface area contributed by atoms with Gasteiger partial charge < -0.3 is 4.90 Å². The Bertz CT molecular complexity index is 689. The second-order valence-corrected chi connectivity index (χ2v) is 9.87. The van der Waals surface area contributed by atoms with Gasteiger partial charge in [-0.1, -0.05) is 0 Å². The number of amides is 1. The molecule has 7 heteroatoms. The summed E-state index contributed by atoms with van der Waals surface area (Å²) >= 11 is 1.26. The molecular formula is C15H22N2O3S2. The maximum atomic E-state index is 12.9. The maximum absolute atomic E-state index is 12.9. The molecule has 1 aliphatic carbocycles. The summed E-state index contributed by atoms with van der Waals surface area (Å²) in [6.45, 7) is 7.01. The van der Waals surface area contributed by atoms with Crippen molar-refractivity contribution in [2.45, 2.75) is 43.4 Å². The predicted octanol–water partition coefficient (Wildman–Crippen LogP) is 2.08. The molecule has 1 amide bonds. The molecule has 2 heterocycles. The van der Waals surface area contributed by atoms with Crippen molar-refractivity contribution in [3.8, 4) is 0 Å². The molecule has 1 saturated carbocycles. The number of rotatable bonds is 3. The summed E-state index contributed by atoms with van der Waals surface area (Å²) in [4.78, 5) is 14.1. The Morgan fingerprint density at radius 1 is 1.32 bits per heavy atom. The minimum Gasteiger partial charge on any atom is -0.339 e. The Balaban J connectivity index is 1.82. The molecule has 2 fully saturated rings. The van der Waals surface area contributed by atoms with Crippen molar-refractivity contribution in [3.05, 3.63) is 17.0 Å². The number of carbonyl (C=O) groups is 1. The molecule has 0 atom stereocenters. The molecule has 0 unspecified atom stereocenters. The summed E-state index contributed by atoms with van der Waals surface area (Å²) in [5.74, 6) is 0.371. The molecule has 0 aromatic carbocycles. The fourth-order valence-electron chi connectivity index (χ4n) is 3.01. The SMILES string of the molecule is Cc1csc(S(=O)(=O)N2CCN(C(=O)C3CC3)CC2(C)C)c1. The molecule has 5 nitrogen and oxygen atoms in total. The number of thiophene rings is 1. The van der Waals surface area contributed by atoms with E-state index in [1.54, 1.807) is 10.4 Å². The van der Waals surface area contributed by atoms with Crippen molar-refractivity contribution in [1.29, 1.82) is 0 Å². The largest absolute Gasteiger partial charge is 0.339 e. The summed E-state index contributed by atoms with van der Waals surface area (Å²) in [5, 5.41) is 1.85. The van der Waals surface area contributed by atoms with Gasteiger partial charge in [0, 0.05) is 31.1 Å². The van der Waals surface area contributed by atoms with Crippen LogP contribution >= 0.6 is 11.3 Å². The smallest absolute Gasteiger partial charge is 0.253 e. The van der Waals surface area contributed by atoms with Crippen LogP contribution in [0.3, 0.4) is 0 Å². The first-order chi connectivity index (χ1) is 10.2. The fourth-order valence-corrected chi connectivity index (χ4v) is 6.12. The number of hydrogen-bond donors (Lipinski definition) is 0. The lowest BCUT2D eigenvalue weighted by Gasteiger charge is -2.45. The van der Waals surface area contributed by atoms with Gasteiger partial charge in [0.2, 0.25) is 5.91 Å². The van der Waals surface area contributed by atoms with Gasteiger partial charge in [-0.2, -0.15) is 4.31 Å². The van der Waals surface area contributed by atoms with E-state index >= 15 is 0 Å². The molecule has 0 bridgehead atoms. The number of carbonyl (C=O) groups excluding carboxylic acids is 1. The van der Waals surface area contributed by atoms with Gasteiger partial charge in [0.1, 0.15) is 4.21 Å². The van der Waals surface area contributed by atoms with Crippen molar-refractivity contribution in [1.82, 2.24) is 9.21 Å². The van der Waals surface area contributed by atoms with Gasteiger partial charge in [0.25, 0.3) is 10.0 Å². The molecule has 1 saturated heterocycles. The third kappa shape index (κ3) is 2.81. The van der Waals surface area contributed by atoms with Crippen molar-refractivity contribution in [2.24, 2.45) is 5.92 Å². The van der Waals surface area contributed by atoms with Gasteiger partial charge in [0.05, 0.1) is 0 Å². The summed E-state index contributed by atoms with van der Waals surface area (Å²) < 4.78 is 27.7. The van der Waals surface area contributed by atoms with E-state index in [1.807, 2.05) is 31.1 Å². The maximum Gasteiger partial charge on any atom is 0.253 e.